The molecule has 0 aliphatic heterocycles. The summed E-state index contributed by atoms with van der Waals surface area (Å²) >= 11 is 1.43. The lowest BCUT2D eigenvalue weighted by molar-refractivity contribution is 0.102. The molecule has 3 aromatic heterocycles. The third-order valence-electron chi connectivity index (χ3n) is 2.90. The van der Waals surface area contributed by atoms with Crippen LogP contribution in [0.5, 0.6) is 0 Å². The smallest absolute Gasteiger partial charge is 0.276 e. The molecule has 21 heavy (non-hydrogen) atoms. The summed E-state index contributed by atoms with van der Waals surface area (Å²) in [5, 5.41) is 3.46. The van der Waals surface area contributed by atoms with Gasteiger partial charge in [-0.25, -0.2) is 9.97 Å². The van der Waals surface area contributed by atoms with Crippen molar-refractivity contribution in [2.45, 2.75) is 13.8 Å². The van der Waals surface area contributed by atoms with Gasteiger partial charge in [0.05, 0.1) is 6.26 Å². The first-order valence-corrected chi connectivity index (χ1v) is 7.20. The van der Waals surface area contributed by atoms with E-state index in [-0.39, 0.29) is 5.91 Å². The maximum atomic E-state index is 12.3. The van der Waals surface area contributed by atoms with Crippen LogP contribution in [0.3, 0.4) is 0 Å². The van der Waals surface area contributed by atoms with E-state index >= 15 is 0 Å². The first-order chi connectivity index (χ1) is 10.1. The Morgan fingerprint density at radius 2 is 2.19 bits per heavy atom. The van der Waals surface area contributed by atoms with E-state index in [9.17, 15) is 4.79 Å². The Morgan fingerprint density at radius 1 is 1.33 bits per heavy atom. The van der Waals surface area contributed by atoms with Crippen molar-refractivity contribution >= 4 is 23.1 Å². The molecule has 1 N–H and O–H groups in total. The monoisotopic (exact) mass is 299 g/mol. The Hall–Kier alpha value is -2.47. The average Bonchev–Trinajstić information content (AvgIpc) is 3.07. The number of aromatic nitrogens is 2. The van der Waals surface area contributed by atoms with Crippen LogP contribution in [0.4, 0.5) is 5.82 Å². The average molecular weight is 299 g/mol. The molecule has 0 atom stereocenters. The fourth-order valence-electron chi connectivity index (χ4n) is 1.89. The van der Waals surface area contributed by atoms with E-state index < -0.39 is 0 Å². The second-order valence-electron chi connectivity index (χ2n) is 4.57. The van der Waals surface area contributed by atoms with Gasteiger partial charge >= 0.3 is 0 Å². The summed E-state index contributed by atoms with van der Waals surface area (Å²) in [4.78, 5) is 21.6. The third kappa shape index (κ3) is 2.85. The van der Waals surface area contributed by atoms with Crippen molar-refractivity contribution in [3.8, 4) is 10.8 Å². The minimum absolute atomic E-state index is 0.264. The number of nitrogens with one attached hydrogen (secondary N) is 1. The molecule has 0 saturated heterocycles. The topological polar surface area (TPSA) is 68.0 Å². The molecule has 0 aromatic carbocycles. The van der Waals surface area contributed by atoms with Gasteiger partial charge in [0.2, 0.25) is 0 Å². The van der Waals surface area contributed by atoms with Gasteiger partial charge in [-0.3, -0.25) is 4.79 Å². The summed E-state index contributed by atoms with van der Waals surface area (Å²) in [6.45, 7) is 3.81. The van der Waals surface area contributed by atoms with Crippen molar-refractivity contribution in [1.82, 2.24) is 9.97 Å². The highest BCUT2D eigenvalue weighted by Gasteiger charge is 2.18. The van der Waals surface area contributed by atoms with Crippen molar-refractivity contribution in [3.05, 3.63) is 52.9 Å². The zero-order chi connectivity index (χ0) is 14.8. The lowest BCUT2D eigenvalue weighted by atomic mass is 10.3. The van der Waals surface area contributed by atoms with E-state index in [1.165, 1.54) is 11.3 Å². The van der Waals surface area contributed by atoms with E-state index in [0.29, 0.717) is 22.3 Å². The molecule has 0 fully saturated rings. The SMILES string of the molecule is Cc1ccnc(NC(=O)c2nc(-c3ccco3)sc2C)c1. The third-order valence-corrected chi connectivity index (χ3v) is 3.89. The molecule has 0 spiro atoms. The molecule has 3 rings (SSSR count). The van der Waals surface area contributed by atoms with Gasteiger partial charge < -0.3 is 9.73 Å². The molecule has 3 heterocycles. The van der Waals surface area contributed by atoms with E-state index in [1.54, 1.807) is 18.5 Å². The normalized spacial score (nSPS) is 10.6. The Bertz CT molecular complexity index is 778. The standard InChI is InChI=1S/C15H13N3O2S/c1-9-5-6-16-12(8-9)17-14(19)13-10(2)21-15(18-13)11-4-3-7-20-11/h3-8H,1-2H3,(H,16,17,19). The molecule has 0 bridgehead atoms. The number of anilines is 1. The number of rotatable bonds is 3. The molecule has 5 nitrogen and oxygen atoms in total. The fraction of sp³-hybridized carbons (Fsp3) is 0.133. The van der Waals surface area contributed by atoms with Crippen molar-refractivity contribution in [3.63, 3.8) is 0 Å². The maximum absolute atomic E-state index is 12.3. The van der Waals surface area contributed by atoms with Gasteiger partial charge in [0.15, 0.2) is 10.8 Å². The molecular formula is C15H13N3O2S. The van der Waals surface area contributed by atoms with Crippen molar-refractivity contribution < 1.29 is 9.21 Å². The van der Waals surface area contributed by atoms with Crippen LogP contribution in [-0.4, -0.2) is 15.9 Å². The van der Waals surface area contributed by atoms with E-state index in [0.717, 1.165) is 10.4 Å². The highest BCUT2D eigenvalue weighted by molar-refractivity contribution is 7.15. The van der Waals surface area contributed by atoms with Crippen molar-refractivity contribution in [1.29, 1.82) is 0 Å². The van der Waals surface area contributed by atoms with Gasteiger partial charge in [-0.15, -0.1) is 11.3 Å². The zero-order valence-corrected chi connectivity index (χ0v) is 12.4. The molecule has 3 aromatic rings. The summed E-state index contributed by atoms with van der Waals surface area (Å²) in [6.07, 6.45) is 3.25. The van der Waals surface area contributed by atoms with Gasteiger partial charge in [-0.2, -0.15) is 0 Å². The quantitative estimate of drug-likeness (QED) is 0.801. The molecule has 106 valence electrons. The Kier molecular flexibility index (Phi) is 3.53. The molecule has 0 aliphatic carbocycles. The van der Waals surface area contributed by atoms with Crippen LogP contribution in [0, 0.1) is 13.8 Å². The van der Waals surface area contributed by atoms with E-state index in [4.69, 9.17) is 4.42 Å². The predicted molar refractivity (Wildman–Crippen MR) is 81.5 cm³/mol. The molecule has 0 saturated carbocycles. The van der Waals surface area contributed by atoms with Crippen LogP contribution >= 0.6 is 11.3 Å². The van der Waals surface area contributed by atoms with Crippen LogP contribution in [0.15, 0.2) is 41.1 Å². The lowest BCUT2D eigenvalue weighted by Gasteiger charge is -2.03. The van der Waals surface area contributed by atoms with E-state index in [1.807, 2.05) is 32.0 Å². The first-order valence-electron chi connectivity index (χ1n) is 6.39. The molecular weight excluding hydrogens is 286 g/mol. The van der Waals surface area contributed by atoms with Gasteiger partial charge in [-0.1, -0.05) is 0 Å². The molecule has 1 amide bonds. The van der Waals surface area contributed by atoms with Crippen LogP contribution in [0.1, 0.15) is 20.9 Å². The molecule has 0 unspecified atom stereocenters. The fourth-order valence-corrected chi connectivity index (χ4v) is 2.77. The summed E-state index contributed by atoms with van der Waals surface area (Å²) in [5.41, 5.74) is 1.43. The largest absolute Gasteiger partial charge is 0.462 e. The molecule has 0 radical (unpaired) electrons. The highest BCUT2D eigenvalue weighted by Crippen LogP contribution is 2.28. The summed E-state index contributed by atoms with van der Waals surface area (Å²) < 4.78 is 5.31. The maximum Gasteiger partial charge on any atom is 0.276 e. The van der Waals surface area contributed by atoms with E-state index in [2.05, 4.69) is 15.3 Å². The number of hydrogen-bond acceptors (Lipinski definition) is 5. The Morgan fingerprint density at radius 3 is 2.90 bits per heavy atom. The van der Waals surface area contributed by atoms with Gasteiger partial charge in [0.25, 0.3) is 5.91 Å². The minimum Gasteiger partial charge on any atom is -0.462 e. The number of carbonyl (C=O) groups excluding carboxylic acids is 1. The zero-order valence-electron chi connectivity index (χ0n) is 11.6. The summed E-state index contributed by atoms with van der Waals surface area (Å²) in [5.74, 6) is 0.919. The highest BCUT2D eigenvalue weighted by atomic mass is 32.1. The second-order valence-corrected chi connectivity index (χ2v) is 5.78. The number of furan rings is 1. The summed E-state index contributed by atoms with van der Waals surface area (Å²) in [6, 6.07) is 7.30. The number of thiazole rings is 1. The summed E-state index contributed by atoms with van der Waals surface area (Å²) in [7, 11) is 0. The van der Waals surface area contributed by atoms with Crippen molar-refractivity contribution in [2.75, 3.05) is 5.32 Å². The number of pyridine rings is 1. The van der Waals surface area contributed by atoms with Crippen molar-refractivity contribution in [2.24, 2.45) is 0 Å². The number of nitrogens with zero attached hydrogens (tertiary/aromatic N) is 2. The van der Waals surface area contributed by atoms with Gasteiger partial charge in [0.1, 0.15) is 11.5 Å². The van der Waals surface area contributed by atoms with Crippen LogP contribution in [0.2, 0.25) is 0 Å². The number of aryl methyl sites for hydroxylation is 2. The predicted octanol–water partition coefficient (Wildman–Crippen LogP) is 3.67. The Balaban J connectivity index is 1.85. The van der Waals surface area contributed by atoms with Gasteiger partial charge in [-0.05, 0) is 43.7 Å². The minimum atomic E-state index is -0.264. The Labute approximate surface area is 125 Å². The number of hydrogen-bond donors (Lipinski definition) is 1. The number of amides is 1. The van der Waals surface area contributed by atoms with Crippen LogP contribution in [0.25, 0.3) is 10.8 Å². The van der Waals surface area contributed by atoms with Crippen LogP contribution < -0.4 is 5.32 Å². The number of carbonyl (C=O) groups is 1. The molecule has 6 heteroatoms. The van der Waals surface area contributed by atoms with Gasteiger partial charge in [0, 0.05) is 11.1 Å². The second kappa shape index (κ2) is 5.49. The van der Waals surface area contributed by atoms with Crippen LogP contribution in [-0.2, 0) is 0 Å². The molecule has 0 aliphatic rings. The lowest BCUT2D eigenvalue weighted by Crippen LogP contribution is -2.14. The first kappa shape index (κ1) is 13.5.